The van der Waals surface area contributed by atoms with E-state index in [1.807, 2.05) is 109 Å². The van der Waals surface area contributed by atoms with Gasteiger partial charge in [0, 0.05) is 6.07 Å². The maximum atomic E-state index is 13.7. The van der Waals surface area contributed by atoms with E-state index in [4.69, 9.17) is 23.7 Å². The highest BCUT2D eigenvalue weighted by atomic mass is 16.6. The van der Waals surface area contributed by atoms with Crippen molar-refractivity contribution in [3.8, 4) is 23.0 Å². The lowest BCUT2D eigenvalue weighted by molar-refractivity contribution is 0.0755. The number of hydrogen-bond acceptors (Lipinski definition) is 6. The third-order valence-corrected chi connectivity index (χ3v) is 7.71. The normalized spacial score (nSPS) is 18.4. The van der Waals surface area contributed by atoms with E-state index in [-0.39, 0.29) is 12.4 Å². The second kappa shape index (κ2) is 11.7. The second-order valence-electron chi connectivity index (χ2n) is 10.7. The molecular weight excluding hydrogens is 540 g/mol. The zero-order valence-corrected chi connectivity index (χ0v) is 23.5. The molecule has 2 atom stereocenters. The number of carbonyl (C=O) groups excluding carboxylic acids is 1. The summed E-state index contributed by atoms with van der Waals surface area (Å²) in [7, 11) is 0. The van der Waals surface area contributed by atoms with Gasteiger partial charge < -0.3 is 23.7 Å². The van der Waals surface area contributed by atoms with E-state index < -0.39 is 11.7 Å². The topological polar surface area (TPSA) is 66.5 Å². The molecule has 0 N–H and O–H groups in total. The first kappa shape index (κ1) is 26.8. The third kappa shape index (κ3) is 5.70. The van der Waals surface area contributed by atoms with E-state index in [2.05, 4.69) is 0 Å². The van der Waals surface area contributed by atoms with E-state index in [0.717, 1.165) is 22.3 Å². The van der Waals surface area contributed by atoms with Gasteiger partial charge in [0.25, 0.3) is 0 Å². The SMILES string of the molecule is O=C1c2ccc(OCc3ccccc3)cc2OC[C@@]12O[C@@H]2c1ccc(OCc2ccccc2)c(OCc2ccccc2)c1. The van der Waals surface area contributed by atoms with E-state index in [1.165, 1.54) is 0 Å². The van der Waals surface area contributed by atoms with Crippen molar-refractivity contribution in [1.29, 1.82) is 0 Å². The van der Waals surface area contributed by atoms with E-state index in [0.29, 0.717) is 48.4 Å². The summed E-state index contributed by atoms with van der Waals surface area (Å²) in [5.41, 5.74) is 3.42. The van der Waals surface area contributed by atoms with Crippen molar-refractivity contribution in [2.45, 2.75) is 31.5 Å². The van der Waals surface area contributed by atoms with Crippen molar-refractivity contribution in [3.63, 3.8) is 0 Å². The largest absolute Gasteiger partial charge is 0.489 e. The number of epoxide rings is 1. The van der Waals surface area contributed by atoms with E-state index in [1.54, 1.807) is 18.2 Å². The van der Waals surface area contributed by atoms with E-state index >= 15 is 0 Å². The number of ether oxygens (including phenoxy) is 5. The highest BCUT2D eigenvalue weighted by molar-refractivity contribution is 6.08. The Hall–Kier alpha value is -5.07. The molecule has 0 unspecified atom stereocenters. The Morgan fingerprint density at radius 2 is 1.21 bits per heavy atom. The quantitative estimate of drug-likeness (QED) is 0.162. The maximum absolute atomic E-state index is 13.7. The Morgan fingerprint density at radius 1 is 0.628 bits per heavy atom. The predicted octanol–water partition coefficient (Wildman–Crippen LogP) is 7.51. The first-order chi connectivity index (χ1) is 21.2. The Bertz CT molecular complexity index is 1720. The summed E-state index contributed by atoms with van der Waals surface area (Å²) in [6, 6.07) is 40.9. The van der Waals surface area contributed by atoms with Crippen LogP contribution in [0.1, 0.15) is 38.7 Å². The summed E-state index contributed by atoms with van der Waals surface area (Å²) in [6.07, 6.45) is -0.454. The number of Topliss-reactive ketones (excluding diaryl/α,β-unsaturated/α-hetero) is 1. The zero-order chi connectivity index (χ0) is 29.1. The summed E-state index contributed by atoms with van der Waals surface area (Å²) >= 11 is 0. The molecule has 2 aliphatic heterocycles. The highest BCUT2D eigenvalue weighted by Gasteiger charge is 2.65. The minimum absolute atomic E-state index is 0.0930. The predicted molar refractivity (Wildman–Crippen MR) is 162 cm³/mol. The number of fused-ring (bicyclic) bond motifs is 1. The lowest BCUT2D eigenvalue weighted by Crippen LogP contribution is -2.37. The maximum Gasteiger partial charge on any atom is 0.205 e. The Kier molecular flexibility index (Phi) is 7.27. The number of rotatable bonds is 10. The van der Waals surface area contributed by atoms with Crippen LogP contribution in [0.25, 0.3) is 0 Å². The fraction of sp³-hybridized carbons (Fsp3) is 0.162. The molecule has 5 aromatic rings. The first-order valence-corrected chi connectivity index (χ1v) is 14.3. The molecule has 5 aromatic carbocycles. The van der Waals surface area contributed by atoms with Crippen LogP contribution in [0.3, 0.4) is 0 Å². The lowest BCUT2D eigenvalue weighted by Gasteiger charge is -2.23. The van der Waals surface area contributed by atoms with Crippen LogP contribution >= 0.6 is 0 Å². The van der Waals surface area contributed by atoms with Gasteiger partial charge in [0.05, 0.1) is 5.56 Å². The molecule has 0 amide bonds. The minimum Gasteiger partial charge on any atom is -0.489 e. The van der Waals surface area contributed by atoms with Crippen molar-refractivity contribution in [1.82, 2.24) is 0 Å². The fourth-order valence-electron chi connectivity index (χ4n) is 5.31. The standard InChI is InChI=1S/C37H30O6/c38-35-31-18-17-30(39-22-26-10-4-1-5-11-26)21-33(31)42-25-37(35)36(43-37)29-16-19-32(40-23-27-12-6-2-7-13-27)34(20-29)41-24-28-14-8-3-9-15-28/h1-21,36H,22-25H2/t36-,37-/m1/s1. The molecule has 7 rings (SSSR count). The molecule has 6 nitrogen and oxygen atoms in total. The molecule has 1 saturated heterocycles. The fourth-order valence-corrected chi connectivity index (χ4v) is 5.31. The molecule has 0 saturated carbocycles. The van der Waals surface area contributed by atoms with Gasteiger partial charge in [-0.25, -0.2) is 0 Å². The summed E-state index contributed by atoms with van der Waals surface area (Å²) in [6.45, 7) is 1.35. The molecular formula is C37H30O6. The van der Waals surface area contributed by atoms with Gasteiger partial charge in [-0.1, -0.05) is 97.1 Å². The van der Waals surface area contributed by atoms with Gasteiger partial charge in [-0.2, -0.15) is 0 Å². The van der Waals surface area contributed by atoms with E-state index in [9.17, 15) is 4.79 Å². The number of hydrogen-bond donors (Lipinski definition) is 0. The minimum atomic E-state index is -1.07. The Morgan fingerprint density at radius 3 is 1.84 bits per heavy atom. The molecule has 0 radical (unpaired) electrons. The lowest BCUT2D eigenvalue weighted by atomic mass is 9.89. The van der Waals surface area contributed by atoms with Gasteiger partial charge in [-0.15, -0.1) is 0 Å². The molecule has 2 aliphatic rings. The number of benzene rings is 5. The van der Waals surface area contributed by atoms with Crippen molar-refractivity contribution >= 4 is 5.78 Å². The number of ketones is 1. The average molecular weight is 571 g/mol. The van der Waals surface area contributed by atoms with Crippen LogP contribution in [0, 0.1) is 0 Å². The Labute approximate surface area is 250 Å². The summed E-state index contributed by atoms with van der Waals surface area (Å²) in [5, 5.41) is 0. The summed E-state index contributed by atoms with van der Waals surface area (Å²) in [5.74, 6) is 2.27. The molecule has 0 bridgehead atoms. The van der Waals surface area contributed by atoms with Crippen LogP contribution in [-0.2, 0) is 24.6 Å². The third-order valence-electron chi connectivity index (χ3n) is 7.71. The summed E-state index contributed by atoms with van der Waals surface area (Å²) < 4.78 is 30.5. The van der Waals surface area contributed by atoms with Crippen molar-refractivity contribution < 1.29 is 28.5 Å². The van der Waals surface area contributed by atoms with Crippen LogP contribution in [0.15, 0.2) is 127 Å². The molecule has 0 aromatic heterocycles. The molecule has 1 spiro atoms. The first-order valence-electron chi connectivity index (χ1n) is 14.3. The van der Waals surface area contributed by atoms with Gasteiger partial charge >= 0.3 is 0 Å². The Balaban J connectivity index is 1.08. The second-order valence-corrected chi connectivity index (χ2v) is 10.7. The van der Waals surface area contributed by atoms with Gasteiger partial charge in [-0.3, -0.25) is 4.79 Å². The smallest absolute Gasteiger partial charge is 0.205 e. The van der Waals surface area contributed by atoms with Gasteiger partial charge in [-0.05, 0) is 46.5 Å². The van der Waals surface area contributed by atoms with Crippen LogP contribution < -0.4 is 18.9 Å². The van der Waals surface area contributed by atoms with Crippen LogP contribution in [-0.4, -0.2) is 18.0 Å². The molecule has 2 heterocycles. The van der Waals surface area contributed by atoms with Gasteiger partial charge in [0.2, 0.25) is 5.78 Å². The van der Waals surface area contributed by atoms with Crippen molar-refractivity contribution in [2.24, 2.45) is 0 Å². The molecule has 1 fully saturated rings. The zero-order valence-electron chi connectivity index (χ0n) is 23.5. The molecule has 43 heavy (non-hydrogen) atoms. The monoisotopic (exact) mass is 570 g/mol. The number of carbonyl (C=O) groups is 1. The molecule has 214 valence electrons. The van der Waals surface area contributed by atoms with Crippen LogP contribution in [0.2, 0.25) is 0 Å². The van der Waals surface area contributed by atoms with Crippen LogP contribution in [0.4, 0.5) is 0 Å². The van der Waals surface area contributed by atoms with Crippen molar-refractivity contribution in [3.05, 3.63) is 155 Å². The molecule has 6 heteroatoms. The van der Waals surface area contributed by atoms with Crippen LogP contribution in [0.5, 0.6) is 23.0 Å². The highest BCUT2D eigenvalue weighted by Crippen LogP contribution is 2.55. The van der Waals surface area contributed by atoms with Gasteiger partial charge in [0.15, 0.2) is 17.1 Å². The summed E-state index contributed by atoms with van der Waals surface area (Å²) in [4.78, 5) is 13.7. The average Bonchev–Trinajstić information content (AvgIpc) is 3.80. The van der Waals surface area contributed by atoms with Crippen molar-refractivity contribution in [2.75, 3.05) is 6.61 Å². The molecule has 0 aliphatic carbocycles. The van der Waals surface area contributed by atoms with Gasteiger partial charge in [0.1, 0.15) is 44.0 Å².